The molecule has 4 heteroatoms. The van der Waals surface area contributed by atoms with Gasteiger partial charge in [0.1, 0.15) is 5.82 Å². The lowest BCUT2D eigenvalue weighted by molar-refractivity contribution is 0.0802. The van der Waals surface area contributed by atoms with Crippen LogP contribution in [0.5, 0.6) is 0 Å². The molecule has 0 N–H and O–H groups in total. The van der Waals surface area contributed by atoms with Crippen LogP contribution in [0.4, 0.5) is 0 Å². The number of benzene rings is 3. The second kappa shape index (κ2) is 7.45. The Morgan fingerprint density at radius 3 is 2.63 bits per heavy atom. The van der Waals surface area contributed by atoms with Crippen LogP contribution < -0.4 is 0 Å². The summed E-state index contributed by atoms with van der Waals surface area (Å²) in [5.41, 5.74) is 6.41. The fourth-order valence-corrected chi connectivity index (χ4v) is 4.43. The average molecular weight is 396 g/mol. The Bertz CT molecular complexity index is 1230. The summed E-state index contributed by atoms with van der Waals surface area (Å²) in [6.45, 7) is 2.68. The minimum atomic E-state index is 0.0508. The van der Waals surface area contributed by atoms with E-state index in [1.165, 1.54) is 5.56 Å². The SMILES string of the molecule is CCN(C)C(=O)c1cccc(-c2ccc3nc4n(c3c2)C(c2ccccc2)CC4)c1. The molecule has 0 aliphatic carbocycles. The highest BCUT2D eigenvalue weighted by Crippen LogP contribution is 2.36. The van der Waals surface area contributed by atoms with Gasteiger partial charge in [-0.05, 0) is 54.3 Å². The smallest absolute Gasteiger partial charge is 0.253 e. The Hall–Kier alpha value is -3.40. The summed E-state index contributed by atoms with van der Waals surface area (Å²) < 4.78 is 2.40. The molecule has 4 nitrogen and oxygen atoms in total. The van der Waals surface area contributed by atoms with Crippen LogP contribution in [0.3, 0.4) is 0 Å². The standard InChI is InChI=1S/C26H25N3O/c1-3-28(2)26(30)21-11-7-10-19(16-21)20-12-13-22-24(17-20)29-23(14-15-25(29)27-22)18-8-5-4-6-9-18/h4-13,16-17,23H,3,14-15H2,1-2H3. The van der Waals surface area contributed by atoms with Crippen molar-refractivity contribution in [1.29, 1.82) is 0 Å². The van der Waals surface area contributed by atoms with Crippen LogP contribution in [-0.4, -0.2) is 34.0 Å². The molecule has 30 heavy (non-hydrogen) atoms. The van der Waals surface area contributed by atoms with Crippen LogP contribution in [0.2, 0.25) is 0 Å². The number of hydrogen-bond donors (Lipinski definition) is 0. The molecule has 5 rings (SSSR count). The van der Waals surface area contributed by atoms with Gasteiger partial charge in [0.05, 0.1) is 17.1 Å². The molecule has 1 amide bonds. The minimum Gasteiger partial charge on any atom is -0.342 e. The van der Waals surface area contributed by atoms with Gasteiger partial charge in [-0.2, -0.15) is 0 Å². The van der Waals surface area contributed by atoms with Gasteiger partial charge in [-0.15, -0.1) is 0 Å². The van der Waals surface area contributed by atoms with Crippen LogP contribution >= 0.6 is 0 Å². The summed E-state index contributed by atoms with van der Waals surface area (Å²) in [6, 6.07) is 25.3. The molecule has 0 radical (unpaired) electrons. The molecular formula is C26H25N3O. The third-order valence-corrected chi connectivity index (χ3v) is 6.16. The van der Waals surface area contributed by atoms with Crippen molar-refractivity contribution in [2.75, 3.05) is 13.6 Å². The number of aryl methyl sites for hydroxylation is 1. The molecule has 1 atom stereocenters. The summed E-state index contributed by atoms with van der Waals surface area (Å²) in [6.07, 6.45) is 2.08. The van der Waals surface area contributed by atoms with Crippen molar-refractivity contribution in [3.8, 4) is 11.1 Å². The Labute approximate surface area is 176 Å². The average Bonchev–Trinajstić information content (AvgIpc) is 3.37. The summed E-state index contributed by atoms with van der Waals surface area (Å²) in [4.78, 5) is 19.2. The normalized spacial score (nSPS) is 15.3. The summed E-state index contributed by atoms with van der Waals surface area (Å²) in [5, 5.41) is 0. The molecular weight excluding hydrogens is 370 g/mol. The molecule has 2 heterocycles. The number of aromatic nitrogens is 2. The van der Waals surface area contributed by atoms with Gasteiger partial charge < -0.3 is 9.47 Å². The lowest BCUT2D eigenvalue weighted by Crippen LogP contribution is -2.26. The van der Waals surface area contributed by atoms with Crippen LogP contribution in [0.1, 0.15) is 41.1 Å². The molecule has 1 aliphatic rings. The molecule has 0 bridgehead atoms. The minimum absolute atomic E-state index is 0.0508. The monoisotopic (exact) mass is 395 g/mol. The predicted octanol–water partition coefficient (Wildman–Crippen LogP) is 5.33. The molecule has 1 unspecified atom stereocenters. The van der Waals surface area contributed by atoms with E-state index in [-0.39, 0.29) is 5.91 Å². The third kappa shape index (κ3) is 3.09. The fourth-order valence-electron chi connectivity index (χ4n) is 4.43. The van der Waals surface area contributed by atoms with Crippen molar-refractivity contribution in [1.82, 2.24) is 14.5 Å². The van der Waals surface area contributed by atoms with Crippen molar-refractivity contribution < 1.29 is 4.79 Å². The maximum Gasteiger partial charge on any atom is 0.253 e. The van der Waals surface area contributed by atoms with E-state index in [0.29, 0.717) is 12.6 Å². The molecule has 0 saturated carbocycles. The van der Waals surface area contributed by atoms with E-state index >= 15 is 0 Å². The number of carbonyl (C=O) groups is 1. The first-order chi connectivity index (χ1) is 14.7. The first-order valence-corrected chi connectivity index (χ1v) is 10.6. The maximum absolute atomic E-state index is 12.6. The van der Waals surface area contributed by atoms with Gasteiger partial charge in [0.2, 0.25) is 0 Å². The Kier molecular flexibility index (Phi) is 4.62. The van der Waals surface area contributed by atoms with Crippen LogP contribution in [-0.2, 0) is 6.42 Å². The Morgan fingerprint density at radius 2 is 1.83 bits per heavy atom. The molecule has 1 aromatic heterocycles. The van der Waals surface area contributed by atoms with E-state index in [0.717, 1.165) is 46.4 Å². The summed E-state index contributed by atoms with van der Waals surface area (Å²) in [7, 11) is 1.83. The van der Waals surface area contributed by atoms with Gasteiger partial charge in [-0.1, -0.05) is 48.5 Å². The molecule has 1 aliphatic heterocycles. The van der Waals surface area contributed by atoms with Gasteiger partial charge in [0.25, 0.3) is 5.91 Å². The number of nitrogens with zero attached hydrogens (tertiary/aromatic N) is 3. The summed E-state index contributed by atoms with van der Waals surface area (Å²) >= 11 is 0. The zero-order valence-corrected chi connectivity index (χ0v) is 17.4. The van der Waals surface area contributed by atoms with Gasteiger partial charge in [-0.3, -0.25) is 4.79 Å². The topological polar surface area (TPSA) is 38.1 Å². The molecule has 4 aromatic rings. The highest BCUT2D eigenvalue weighted by Gasteiger charge is 2.27. The van der Waals surface area contributed by atoms with Crippen LogP contribution in [0.25, 0.3) is 22.2 Å². The van der Waals surface area contributed by atoms with E-state index in [4.69, 9.17) is 4.98 Å². The molecule has 3 aromatic carbocycles. The van der Waals surface area contributed by atoms with Gasteiger partial charge in [0, 0.05) is 25.6 Å². The first-order valence-electron chi connectivity index (χ1n) is 10.6. The molecule has 0 fully saturated rings. The van der Waals surface area contributed by atoms with Crippen molar-refractivity contribution in [3.05, 3.63) is 89.7 Å². The van der Waals surface area contributed by atoms with Crippen LogP contribution in [0, 0.1) is 0 Å². The summed E-state index contributed by atoms with van der Waals surface area (Å²) in [5.74, 6) is 1.21. The number of rotatable bonds is 4. The lowest BCUT2D eigenvalue weighted by atomic mass is 10.0. The Morgan fingerprint density at radius 1 is 1.03 bits per heavy atom. The molecule has 0 spiro atoms. The number of fused-ring (bicyclic) bond motifs is 3. The van der Waals surface area contributed by atoms with E-state index in [1.807, 2.05) is 32.2 Å². The van der Waals surface area contributed by atoms with Crippen LogP contribution in [0.15, 0.2) is 72.8 Å². The van der Waals surface area contributed by atoms with E-state index < -0.39 is 0 Å². The number of carbonyl (C=O) groups excluding carboxylic acids is 1. The van der Waals surface area contributed by atoms with Gasteiger partial charge >= 0.3 is 0 Å². The van der Waals surface area contributed by atoms with Gasteiger partial charge in [0.15, 0.2) is 0 Å². The van der Waals surface area contributed by atoms with Crippen molar-refractivity contribution in [3.63, 3.8) is 0 Å². The highest BCUT2D eigenvalue weighted by atomic mass is 16.2. The zero-order valence-electron chi connectivity index (χ0n) is 17.4. The van der Waals surface area contributed by atoms with Gasteiger partial charge in [-0.25, -0.2) is 4.98 Å². The second-order valence-corrected chi connectivity index (χ2v) is 7.97. The van der Waals surface area contributed by atoms with Crippen molar-refractivity contribution in [2.24, 2.45) is 0 Å². The molecule has 150 valence electrons. The maximum atomic E-state index is 12.6. The molecule has 0 saturated heterocycles. The number of amides is 1. The zero-order chi connectivity index (χ0) is 20.7. The third-order valence-electron chi connectivity index (χ3n) is 6.16. The largest absolute Gasteiger partial charge is 0.342 e. The Balaban J connectivity index is 1.58. The predicted molar refractivity (Wildman–Crippen MR) is 121 cm³/mol. The van der Waals surface area contributed by atoms with E-state index in [1.54, 1.807) is 4.90 Å². The highest BCUT2D eigenvalue weighted by molar-refractivity contribution is 5.95. The quantitative estimate of drug-likeness (QED) is 0.468. The van der Waals surface area contributed by atoms with E-state index in [9.17, 15) is 4.79 Å². The van der Waals surface area contributed by atoms with E-state index in [2.05, 4.69) is 59.2 Å². The lowest BCUT2D eigenvalue weighted by Gasteiger charge is -2.16. The number of hydrogen-bond acceptors (Lipinski definition) is 2. The first kappa shape index (κ1) is 18.6. The second-order valence-electron chi connectivity index (χ2n) is 7.97. The fraction of sp³-hybridized carbons (Fsp3) is 0.231. The van der Waals surface area contributed by atoms with Crippen molar-refractivity contribution >= 4 is 16.9 Å². The number of imidazole rings is 1. The van der Waals surface area contributed by atoms with Crippen molar-refractivity contribution in [2.45, 2.75) is 25.8 Å².